The third kappa shape index (κ3) is 2.41. The Balaban J connectivity index is 2.43. The second-order valence-electron chi connectivity index (χ2n) is 3.41. The number of nitrogens with zero attached hydrogens (tertiary/aromatic N) is 1. The lowest BCUT2D eigenvalue weighted by atomic mass is 10.2. The second kappa shape index (κ2) is 5.03. The molecule has 0 heterocycles. The molecule has 0 aliphatic rings. The molecule has 0 unspecified atom stereocenters. The van der Waals surface area contributed by atoms with Crippen molar-refractivity contribution in [1.82, 2.24) is 0 Å². The summed E-state index contributed by atoms with van der Waals surface area (Å²) in [4.78, 5) is 0. The van der Waals surface area contributed by atoms with E-state index >= 15 is 0 Å². The lowest BCUT2D eigenvalue weighted by Crippen LogP contribution is -1.93. The molecule has 0 amide bonds. The van der Waals surface area contributed by atoms with Crippen LogP contribution >= 0.6 is 11.6 Å². The smallest absolute Gasteiger partial charge is 0.201 e. The van der Waals surface area contributed by atoms with Crippen LogP contribution in [0.2, 0.25) is 5.02 Å². The third-order valence-electron chi connectivity index (χ3n) is 2.20. The Bertz CT molecular complexity index is 637. The van der Waals surface area contributed by atoms with Gasteiger partial charge in [0.15, 0.2) is 11.6 Å². The van der Waals surface area contributed by atoms with E-state index in [1.165, 1.54) is 30.3 Å². The maximum absolute atomic E-state index is 13.4. The van der Waals surface area contributed by atoms with Crippen LogP contribution in [0.25, 0.3) is 0 Å². The minimum atomic E-state index is -1.11. The lowest BCUT2D eigenvalue weighted by molar-refractivity contribution is 0.415. The molecule has 0 radical (unpaired) electrons. The first kappa shape index (κ1) is 12.3. The minimum absolute atomic E-state index is 0.0782. The quantitative estimate of drug-likeness (QED) is 0.812. The molecule has 2 nitrogen and oxygen atoms in total. The first-order valence-electron chi connectivity index (χ1n) is 4.93. The summed E-state index contributed by atoms with van der Waals surface area (Å²) in [7, 11) is 0. The zero-order valence-corrected chi connectivity index (χ0v) is 9.71. The highest BCUT2D eigenvalue weighted by atomic mass is 35.5. The van der Waals surface area contributed by atoms with E-state index in [4.69, 9.17) is 21.6 Å². The molecule has 2 aromatic rings. The molecule has 2 aromatic carbocycles. The molecule has 0 bridgehead atoms. The number of rotatable bonds is 2. The Morgan fingerprint density at radius 3 is 2.61 bits per heavy atom. The van der Waals surface area contributed by atoms with E-state index in [1.807, 2.05) is 6.07 Å². The number of hydrogen-bond acceptors (Lipinski definition) is 2. The van der Waals surface area contributed by atoms with Crippen molar-refractivity contribution in [3.63, 3.8) is 0 Å². The Kier molecular flexibility index (Phi) is 3.45. The number of hydrogen-bond donors (Lipinski definition) is 0. The van der Waals surface area contributed by atoms with Crippen molar-refractivity contribution < 1.29 is 13.5 Å². The summed E-state index contributed by atoms with van der Waals surface area (Å²) in [6.07, 6.45) is 0. The molecule has 0 aromatic heterocycles. The molecule has 0 atom stereocenters. The Labute approximate surface area is 107 Å². The highest BCUT2D eigenvalue weighted by molar-refractivity contribution is 6.30. The van der Waals surface area contributed by atoms with Gasteiger partial charge in [-0.05, 0) is 24.3 Å². The van der Waals surface area contributed by atoms with Gasteiger partial charge in [0.1, 0.15) is 11.8 Å². The van der Waals surface area contributed by atoms with Crippen LogP contribution in [0, 0.1) is 23.0 Å². The zero-order chi connectivity index (χ0) is 13.1. The number of nitriles is 1. The van der Waals surface area contributed by atoms with Crippen LogP contribution in [0.15, 0.2) is 36.4 Å². The largest absolute Gasteiger partial charge is 0.453 e. The molecule has 0 fully saturated rings. The van der Waals surface area contributed by atoms with E-state index in [2.05, 4.69) is 0 Å². The minimum Gasteiger partial charge on any atom is -0.453 e. The summed E-state index contributed by atoms with van der Waals surface area (Å²) in [6, 6.07) is 9.74. The molecular formula is C13H6ClF2NO. The van der Waals surface area contributed by atoms with Gasteiger partial charge in [-0.25, -0.2) is 4.39 Å². The summed E-state index contributed by atoms with van der Waals surface area (Å²) in [6.45, 7) is 0. The van der Waals surface area contributed by atoms with E-state index in [-0.39, 0.29) is 17.1 Å². The Morgan fingerprint density at radius 1 is 1.11 bits per heavy atom. The average molecular weight is 266 g/mol. The second-order valence-corrected chi connectivity index (χ2v) is 3.84. The maximum atomic E-state index is 13.4. The van der Waals surface area contributed by atoms with Crippen LogP contribution < -0.4 is 4.74 Å². The van der Waals surface area contributed by atoms with Gasteiger partial charge in [0.25, 0.3) is 0 Å². The normalized spacial score (nSPS) is 9.89. The molecule has 0 spiro atoms. The molecule has 0 N–H and O–H groups in total. The molecule has 0 aliphatic heterocycles. The maximum Gasteiger partial charge on any atom is 0.201 e. The number of ether oxygens (including phenoxy) is 1. The monoisotopic (exact) mass is 265 g/mol. The van der Waals surface area contributed by atoms with Crippen molar-refractivity contribution in [2.75, 3.05) is 0 Å². The molecular weight excluding hydrogens is 260 g/mol. The van der Waals surface area contributed by atoms with E-state index in [0.29, 0.717) is 5.02 Å². The zero-order valence-electron chi connectivity index (χ0n) is 8.95. The number of benzene rings is 2. The van der Waals surface area contributed by atoms with Crippen molar-refractivity contribution in [2.24, 2.45) is 0 Å². The van der Waals surface area contributed by atoms with E-state index in [9.17, 15) is 8.78 Å². The van der Waals surface area contributed by atoms with E-state index < -0.39 is 11.6 Å². The standard InChI is InChI=1S/C13H6ClF2NO/c14-9-5-4-8(7-17)12(6-9)18-11-3-1-2-10(15)13(11)16/h1-6H. The number of halogens is 3. The van der Waals surface area contributed by atoms with Gasteiger partial charge in [0.05, 0.1) is 5.56 Å². The molecule has 0 saturated carbocycles. The predicted octanol–water partition coefficient (Wildman–Crippen LogP) is 4.28. The van der Waals surface area contributed by atoms with Crippen LogP contribution in [0.1, 0.15) is 5.56 Å². The van der Waals surface area contributed by atoms with Gasteiger partial charge in [0, 0.05) is 11.1 Å². The molecule has 5 heteroatoms. The van der Waals surface area contributed by atoms with Gasteiger partial charge < -0.3 is 4.74 Å². The summed E-state index contributed by atoms with van der Waals surface area (Å²) >= 11 is 5.75. The first-order valence-corrected chi connectivity index (χ1v) is 5.31. The average Bonchev–Trinajstić information content (AvgIpc) is 2.35. The van der Waals surface area contributed by atoms with Gasteiger partial charge in [-0.2, -0.15) is 9.65 Å². The first-order chi connectivity index (χ1) is 8.61. The summed E-state index contributed by atoms with van der Waals surface area (Å²) < 4.78 is 31.6. The van der Waals surface area contributed by atoms with Crippen LogP contribution in [-0.4, -0.2) is 0 Å². The van der Waals surface area contributed by atoms with Crippen molar-refractivity contribution in [1.29, 1.82) is 5.26 Å². The Hall–Kier alpha value is -2.12. The van der Waals surface area contributed by atoms with Gasteiger partial charge >= 0.3 is 0 Å². The fraction of sp³-hybridized carbons (Fsp3) is 0. The molecule has 2 rings (SSSR count). The molecule has 18 heavy (non-hydrogen) atoms. The van der Waals surface area contributed by atoms with Crippen molar-refractivity contribution >= 4 is 11.6 Å². The van der Waals surface area contributed by atoms with Gasteiger partial charge in [0.2, 0.25) is 5.82 Å². The van der Waals surface area contributed by atoms with Crippen molar-refractivity contribution in [3.05, 3.63) is 58.6 Å². The van der Waals surface area contributed by atoms with Crippen LogP contribution in [0.4, 0.5) is 8.78 Å². The highest BCUT2D eigenvalue weighted by Crippen LogP contribution is 2.30. The van der Waals surface area contributed by atoms with Crippen molar-refractivity contribution in [3.8, 4) is 17.6 Å². The fourth-order valence-electron chi connectivity index (χ4n) is 1.35. The summed E-state index contributed by atoms with van der Waals surface area (Å²) in [5.74, 6) is -2.35. The molecule has 0 aliphatic carbocycles. The van der Waals surface area contributed by atoms with E-state index in [0.717, 1.165) is 6.07 Å². The van der Waals surface area contributed by atoms with Crippen LogP contribution in [0.3, 0.4) is 0 Å². The fourth-order valence-corrected chi connectivity index (χ4v) is 1.52. The van der Waals surface area contributed by atoms with Gasteiger partial charge in [-0.15, -0.1) is 0 Å². The van der Waals surface area contributed by atoms with Gasteiger partial charge in [-0.3, -0.25) is 0 Å². The van der Waals surface area contributed by atoms with Gasteiger partial charge in [-0.1, -0.05) is 17.7 Å². The Morgan fingerprint density at radius 2 is 1.89 bits per heavy atom. The summed E-state index contributed by atoms with van der Waals surface area (Å²) in [5.41, 5.74) is 0.183. The van der Waals surface area contributed by atoms with Crippen molar-refractivity contribution in [2.45, 2.75) is 0 Å². The topological polar surface area (TPSA) is 33.0 Å². The third-order valence-corrected chi connectivity index (χ3v) is 2.44. The predicted molar refractivity (Wildman–Crippen MR) is 62.6 cm³/mol. The summed E-state index contributed by atoms with van der Waals surface area (Å²) in [5, 5.41) is 9.20. The van der Waals surface area contributed by atoms with Crippen LogP contribution in [0.5, 0.6) is 11.5 Å². The van der Waals surface area contributed by atoms with E-state index in [1.54, 1.807) is 0 Å². The van der Waals surface area contributed by atoms with Crippen LogP contribution in [-0.2, 0) is 0 Å². The lowest BCUT2D eigenvalue weighted by Gasteiger charge is -2.08. The SMILES string of the molecule is N#Cc1ccc(Cl)cc1Oc1cccc(F)c1F. The molecule has 90 valence electrons. The highest BCUT2D eigenvalue weighted by Gasteiger charge is 2.12. The molecule has 0 saturated heterocycles.